The Morgan fingerprint density at radius 2 is 2.12 bits per heavy atom. The van der Waals surface area contributed by atoms with Gasteiger partial charge in [-0.15, -0.1) is 0 Å². The van der Waals surface area contributed by atoms with Gasteiger partial charge < -0.3 is 0 Å². The predicted molar refractivity (Wildman–Crippen MR) is 60.6 cm³/mol. The van der Waals surface area contributed by atoms with E-state index < -0.39 is 0 Å². The number of benzene rings is 1. The number of aromatic nitrogens is 3. The van der Waals surface area contributed by atoms with Crippen LogP contribution < -0.4 is 0 Å². The van der Waals surface area contributed by atoms with Crippen molar-refractivity contribution < 1.29 is 0 Å². The lowest BCUT2D eigenvalue weighted by molar-refractivity contribution is 0.738. The highest BCUT2D eigenvalue weighted by Crippen LogP contribution is 2.22. The number of pyridine rings is 1. The van der Waals surface area contributed by atoms with Crippen LogP contribution in [0.2, 0.25) is 0 Å². The molecule has 0 saturated heterocycles. The first-order chi connectivity index (χ1) is 7.90. The Morgan fingerprint density at radius 1 is 1.25 bits per heavy atom. The molecule has 4 nitrogen and oxygen atoms in total. The van der Waals surface area contributed by atoms with E-state index in [1.54, 1.807) is 17.1 Å². The van der Waals surface area contributed by atoms with Gasteiger partial charge in [0.2, 0.25) is 0 Å². The molecule has 0 fully saturated rings. The lowest BCUT2D eigenvalue weighted by Gasteiger charge is -2.01. The average molecular weight is 208 g/mol. The van der Waals surface area contributed by atoms with Crippen molar-refractivity contribution in [3.05, 3.63) is 36.7 Å². The maximum Gasteiger partial charge on any atom is 0.128 e. The summed E-state index contributed by atoms with van der Waals surface area (Å²) >= 11 is 0. The Labute approximate surface area is 91.7 Å². The van der Waals surface area contributed by atoms with Gasteiger partial charge in [0.05, 0.1) is 23.3 Å². The van der Waals surface area contributed by atoms with Crippen LogP contribution in [0.3, 0.4) is 0 Å². The van der Waals surface area contributed by atoms with Crippen LogP contribution in [-0.2, 0) is 6.54 Å². The zero-order valence-corrected chi connectivity index (χ0v) is 8.46. The second-order valence-electron chi connectivity index (χ2n) is 3.54. The molecule has 0 amide bonds. The summed E-state index contributed by atoms with van der Waals surface area (Å²) in [5.41, 5.74) is 1.83. The Bertz CT molecular complexity index is 706. The van der Waals surface area contributed by atoms with Crippen molar-refractivity contribution in [3.8, 4) is 6.07 Å². The Kier molecular flexibility index (Phi) is 1.84. The van der Waals surface area contributed by atoms with E-state index in [1.807, 2.05) is 24.3 Å². The Hall–Kier alpha value is -2.41. The van der Waals surface area contributed by atoms with Crippen LogP contribution in [0.25, 0.3) is 21.8 Å². The van der Waals surface area contributed by atoms with Crippen LogP contribution in [0.4, 0.5) is 0 Å². The van der Waals surface area contributed by atoms with E-state index >= 15 is 0 Å². The minimum atomic E-state index is 0.249. The summed E-state index contributed by atoms with van der Waals surface area (Å²) in [6.07, 6.45) is 3.52. The summed E-state index contributed by atoms with van der Waals surface area (Å²) in [5.74, 6) is 0. The van der Waals surface area contributed by atoms with Crippen molar-refractivity contribution in [2.75, 3.05) is 0 Å². The lowest BCUT2D eigenvalue weighted by atomic mass is 10.1. The van der Waals surface area contributed by atoms with Crippen molar-refractivity contribution >= 4 is 21.8 Å². The fraction of sp³-hybridized carbons (Fsp3) is 0.0833. The van der Waals surface area contributed by atoms with Gasteiger partial charge in [-0.1, -0.05) is 18.2 Å². The van der Waals surface area contributed by atoms with Gasteiger partial charge in [0.1, 0.15) is 6.54 Å². The van der Waals surface area contributed by atoms with Crippen molar-refractivity contribution in [3.63, 3.8) is 0 Å². The predicted octanol–water partition coefficient (Wildman–Crippen LogP) is 2.11. The van der Waals surface area contributed by atoms with Gasteiger partial charge in [-0.25, -0.2) is 4.68 Å². The minimum Gasteiger partial charge on any atom is -0.254 e. The number of fused-ring (bicyclic) bond motifs is 3. The quantitative estimate of drug-likeness (QED) is 0.615. The van der Waals surface area contributed by atoms with Gasteiger partial charge in [-0.3, -0.25) is 4.98 Å². The van der Waals surface area contributed by atoms with Crippen LogP contribution in [0, 0.1) is 11.3 Å². The van der Waals surface area contributed by atoms with Gasteiger partial charge >= 0.3 is 0 Å². The normalized spacial score (nSPS) is 10.7. The second-order valence-corrected chi connectivity index (χ2v) is 3.54. The van der Waals surface area contributed by atoms with Crippen molar-refractivity contribution in [1.82, 2.24) is 14.8 Å². The third-order valence-electron chi connectivity index (χ3n) is 2.59. The van der Waals surface area contributed by atoms with Crippen molar-refractivity contribution in [1.29, 1.82) is 5.26 Å². The van der Waals surface area contributed by atoms with Gasteiger partial charge in [0, 0.05) is 17.0 Å². The molecule has 0 saturated carbocycles. The van der Waals surface area contributed by atoms with E-state index in [0.29, 0.717) is 0 Å². The van der Waals surface area contributed by atoms with E-state index in [9.17, 15) is 0 Å². The van der Waals surface area contributed by atoms with Gasteiger partial charge in [0.25, 0.3) is 0 Å². The maximum absolute atomic E-state index is 8.74. The lowest BCUT2D eigenvalue weighted by Crippen LogP contribution is -1.97. The molecule has 0 aliphatic heterocycles. The third kappa shape index (κ3) is 1.15. The zero-order chi connectivity index (χ0) is 11.0. The molecule has 2 aromatic heterocycles. The second kappa shape index (κ2) is 3.31. The molecule has 16 heavy (non-hydrogen) atoms. The number of hydrogen-bond acceptors (Lipinski definition) is 3. The van der Waals surface area contributed by atoms with Crippen LogP contribution in [0.15, 0.2) is 36.7 Å². The molecule has 0 radical (unpaired) electrons. The SMILES string of the molecule is N#CCn1ncc2ccc3cccnc3c21. The summed E-state index contributed by atoms with van der Waals surface area (Å²) < 4.78 is 1.69. The zero-order valence-electron chi connectivity index (χ0n) is 8.46. The van der Waals surface area contributed by atoms with Crippen LogP contribution in [0.5, 0.6) is 0 Å². The largest absolute Gasteiger partial charge is 0.254 e. The molecule has 76 valence electrons. The van der Waals surface area contributed by atoms with Crippen LogP contribution in [0.1, 0.15) is 0 Å². The fourth-order valence-corrected chi connectivity index (χ4v) is 1.90. The van der Waals surface area contributed by atoms with Gasteiger partial charge in [-0.05, 0) is 6.07 Å². The minimum absolute atomic E-state index is 0.249. The fourth-order valence-electron chi connectivity index (χ4n) is 1.90. The first kappa shape index (κ1) is 8.86. The number of hydrogen-bond donors (Lipinski definition) is 0. The van der Waals surface area contributed by atoms with Crippen LogP contribution >= 0.6 is 0 Å². The summed E-state index contributed by atoms with van der Waals surface area (Å²) in [6, 6.07) is 10.0. The summed E-state index contributed by atoms with van der Waals surface area (Å²) in [4.78, 5) is 4.35. The highest BCUT2D eigenvalue weighted by molar-refractivity contribution is 6.02. The molecule has 0 N–H and O–H groups in total. The Balaban J connectivity index is 2.48. The van der Waals surface area contributed by atoms with E-state index in [0.717, 1.165) is 21.8 Å². The highest BCUT2D eigenvalue weighted by Gasteiger charge is 2.07. The van der Waals surface area contributed by atoms with E-state index in [1.165, 1.54) is 0 Å². The Morgan fingerprint density at radius 3 is 3.00 bits per heavy atom. The van der Waals surface area contributed by atoms with Gasteiger partial charge in [-0.2, -0.15) is 10.4 Å². The molecule has 2 heterocycles. The molecule has 0 aliphatic rings. The molecular formula is C12H8N4. The van der Waals surface area contributed by atoms with Crippen LogP contribution in [-0.4, -0.2) is 14.8 Å². The first-order valence-electron chi connectivity index (χ1n) is 4.96. The summed E-state index contributed by atoms with van der Waals surface area (Å²) in [7, 11) is 0. The number of nitriles is 1. The third-order valence-corrected chi connectivity index (χ3v) is 2.59. The average Bonchev–Trinajstić information content (AvgIpc) is 2.73. The molecule has 3 aromatic rings. The molecule has 0 bridgehead atoms. The molecule has 0 unspecified atom stereocenters. The van der Waals surface area contributed by atoms with E-state index in [2.05, 4.69) is 16.2 Å². The molecule has 4 heteroatoms. The number of rotatable bonds is 1. The standard InChI is InChI=1S/C12H8N4/c13-5-7-16-12-10(8-15-16)4-3-9-2-1-6-14-11(9)12/h1-4,6,8H,7H2. The smallest absolute Gasteiger partial charge is 0.128 e. The van der Waals surface area contributed by atoms with Crippen molar-refractivity contribution in [2.45, 2.75) is 6.54 Å². The molecular weight excluding hydrogens is 200 g/mol. The van der Waals surface area contributed by atoms with Gasteiger partial charge in [0.15, 0.2) is 0 Å². The van der Waals surface area contributed by atoms with E-state index in [4.69, 9.17) is 5.26 Å². The molecule has 0 atom stereocenters. The van der Waals surface area contributed by atoms with E-state index in [-0.39, 0.29) is 6.54 Å². The monoisotopic (exact) mass is 208 g/mol. The maximum atomic E-state index is 8.74. The topological polar surface area (TPSA) is 54.5 Å². The van der Waals surface area contributed by atoms with Crippen molar-refractivity contribution in [2.24, 2.45) is 0 Å². The summed E-state index contributed by atoms with van der Waals surface area (Å²) in [6.45, 7) is 0.249. The molecule has 3 rings (SSSR count). The molecule has 1 aromatic carbocycles. The molecule has 0 spiro atoms. The number of nitrogens with zero attached hydrogens (tertiary/aromatic N) is 4. The highest BCUT2D eigenvalue weighted by atomic mass is 15.3. The molecule has 0 aliphatic carbocycles. The first-order valence-corrected chi connectivity index (χ1v) is 4.96. The summed E-state index contributed by atoms with van der Waals surface area (Å²) in [5, 5.41) is 15.0.